The maximum Gasteiger partial charge on any atom is 0.239 e. The minimum atomic E-state index is -0.0227. The predicted molar refractivity (Wildman–Crippen MR) is 90.4 cm³/mol. The second-order valence-corrected chi connectivity index (χ2v) is 5.73. The van der Waals surface area contributed by atoms with Gasteiger partial charge in [0, 0.05) is 35.3 Å². The molecule has 112 valence electrons. The fraction of sp³-hybridized carbons (Fsp3) is 0.333. The standard InChI is InChI=1S/C15H19BrN4O/c1-3-6-20(9-14(21)18-2)13-5-4-12(17)11-7-10(16)8-19-15(11)13/h4-5,7-8H,3,6,9,17H2,1-2H3,(H,18,21). The lowest BCUT2D eigenvalue weighted by Crippen LogP contribution is -2.36. The molecule has 0 fully saturated rings. The molecule has 3 N–H and O–H groups in total. The number of halogens is 1. The van der Waals surface area contributed by atoms with E-state index in [0.717, 1.165) is 34.0 Å². The van der Waals surface area contributed by atoms with Crippen LogP contribution in [0.3, 0.4) is 0 Å². The third-order valence-electron chi connectivity index (χ3n) is 3.28. The highest BCUT2D eigenvalue weighted by molar-refractivity contribution is 9.10. The van der Waals surface area contributed by atoms with Gasteiger partial charge in [-0.1, -0.05) is 6.92 Å². The number of fused-ring (bicyclic) bond motifs is 1. The van der Waals surface area contributed by atoms with Crippen molar-refractivity contribution < 1.29 is 4.79 Å². The Kier molecular flexibility index (Phi) is 5.01. The molecule has 0 saturated heterocycles. The van der Waals surface area contributed by atoms with Crippen molar-refractivity contribution in [1.29, 1.82) is 0 Å². The van der Waals surface area contributed by atoms with Crippen LogP contribution in [0.5, 0.6) is 0 Å². The first kappa shape index (κ1) is 15.6. The van der Waals surface area contributed by atoms with Crippen LogP contribution in [0.4, 0.5) is 11.4 Å². The molecule has 2 aromatic rings. The summed E-state index contributed by atoms with van der Waals surface area (Å²) in [4.78, 5) is 18.2. The number of aromatic nitrogens is 1. The van der Waals surface area contributed by atoms with Crippen LogP contribution in [0.1, 0.15) is 13.3 Å². The number of nitrogens with zero attached hydrogens (tertiary/aromatic N) is 2. The smallest absolute Gasteiger partial charge is 0.239 e. The summed E-state index contributed by atoms with van der Waals surface area (Å²) in [5.74, 6) is -0.0227. The van der Waals surface area contributed by atoms with E-state index in [9.17, 15) is 4.79 Å². The van der Waals surface area contributed by atoms with E-state index in [1.54, 1.807) is 13.2 Å². The molecule has 1 aromatic heterocycles. The van der Waals surface area contributed by atoms with Gasteiger partial charge in [-0.3, -0.25) is 9.78 Å². The molecule has 0 saturated carbocycles. The van der Waals surface area contributed by atoms with Gasteiger partial charge in [0.1, 0.15) is 0 Å². The summed E-state index contributed by atoms with van der Waals surface area (Å²) >= 11 is 3.41. The number of benzene rings is 1. The van der Waals surface area contributed by atoms with Crippen LogP contribution in [0.15, 0.2) is 28.9 Å². The topological polar surface area (TPSA) is 71.2 Å². The average Bonchev–Trinajstić information content (AvgIpc) is 2.47. The van der Waals surface area contributed by atoms with Gasteiger partial charge in [0.15, 0.2) is 0 Å². The normalized spacial score (nSPS) is 10.6. The van der Waals surface area contributed by atoms with E-state index < -0.39 is 0 Å². The van der Waals surface area contributed by atoms with Gasteiger partial charge in [-0.15, -0.1) is 0 Å². The summed E-state index contributed by atoms with van der Waals surface area (Å²) in [6, 6.07) is 5.74. The lowest BCUT2D eigenvalue weighted by atomic mass is 10.1. The van der Waals surface area contributed by atoms with Gasteiger partial charge in [-0.2, -0.15) is 0 Å². The second-order valence-electron chi connectivity index (χ2n) is 4.82. The van der Waals surface area contributed by atoms with Crippen molar-refractivity contribution in [2.24, 2.45) is 0 Å². The van der Waals surface area contributed by atoms with E-state index in [-0.39, 0.29) is 5.91 Å². The molecule has 5 nitrogen and oxygen atoms in total. The molecular formula is C15H19BrN4O. The average molecular weight is 351 g/mol. The van der Waals surface area contributed by atoms with E-state index in [1.165, 1.54) is 0 Å². The van der Waals surface area contributed by atoms with Crippen LogP contribution >= 0.6 is 15.9 Å². The summed E-state index contributed by atoms with van der Waals surface area (Å²) in [7, 11) is 1.64. The van der Waals surface area contributed by atoms with Gasteiger partial charge < -0.3 is 16.0 Å². The first-order chi connectivity index (χ1) is 10.1. The zero-order valence-electron chi connectivity index (χ0n) is 12.2. The minimum absolute atomic E-state index is 0.0227. The number of carbonyl (C=O) groups is 1. The highest BCUT2D eigenvalue weighted by Gasteiger charge is 2.15. The Morgan fingerprint density at radius 3 is 2.90 bits per heavy atom. The Morgan fingerprint density at radius 1 is 1.48 bits per heavy atom. The molecule has 0 spiro atoms. The number of nitrogens with two attached hydrogens (primary N) is 1. The van der Waals surface area contributed by atoms with Crippen molar-refractivity contribution in [2.45, 2.75) is 13.3 Å². The minimum Gasteiger partial charge on any atom is -0.398 e. The van der Waals surface area contributed by atoms with E-state index >= 15 is 0 Å². The predicted octanol–water partition coefficient (Wildman–Crippen LogP) is 2.54. The molecule has 1 heterocycles. The zero-order valence-corrected chi connectivity index (χ0v) is 13.8. The zero-order chi connectivity index (χ0) is 15.4. The Morgan fingerprint density at radius 2 is 2.24 bits per heavy atom. The van der Waals surface area contributed by atoms with Crippen molar-refractivity contribution in [3.63, 3.8) is 0 Å². The van der Waals surface area contributed by atoms with Gasteiger partial charge in [-0.05, 0) is 40.5 Å². The molecule has 1 amide bonds. The molecule has 0 aliphatic rings. The van der Waals surface area contributed by atoms with Crippen LogP contribution in [0.25, 0.3) is 10.9 Å². The first-order valence-electron chi connectivity index (χ1n) is 6.86. The van der Waals surface area contributed by atoms with E-state index in [2.05, 4.69) is 33.2 Å². The van der Waals surface area contributed by atoms with Gasteiger partial charge in [-0.25, -0.2) is 0 Å². The molecule has 0 unspecified atom stereocenters. The lowest BCUT2D eigenvalue weighted by Gasteiger charge is -2.24. The third kappa shape index (κ3) is 3.44. The fourth-order valence-corrected chi connectivity index (χ4v) is 2.59. The van der Waals surface area contributed by atoms with Crippen molar-refractivity contribution in [2.75, 3.05) is 30.8 Å². The highest BCUT2D eigenvalue weighted by atomic mass is 79.9. The number of nitrogen functional groups attached to an aromatic ring is 1. The summed E-state index contributed by atoms with van der Waals surface area (Å²) < 4.78 is 0.882. The van der Waals surface area contributed by atoms with Crippen LogP contribution < -0.4 is 16.0 Å². The van der Waals surface area contributed by atoms with Crippen LogP contribution in [-0.2, 0) is 4.79 Å². The third-order valence-corrected chi connectivity index (χ3v) is 3.71. The Labute approximate surface area is 132 Å². The highest BCUT2D eigenvalue weighted by Crippen LogP contribution is 2.31. The SMILES string of the molecule is CCCN(CC(=O)NC)c1ccc(N)c2cc(Br)cnc12. The molecule has 0 aliphatic carbocycles. The lowest BCUT2D eigenvalue weighted by molar-refractivity contribution is -0.119. The Bertz CT molecular complexity index is 659. The maximum absolute atomic E-state index is 11.7. The quantitative estimate of drug-likeness (QED) is 0.813. The van der Waals surface area contributed by atoms with Crippen LogP contribution in [0.2, 0.25) is 0 Å². The first-order valence-corrected chi connectivity index (χ1v) is 7.65. The number of pyridine rings is 1. The second kappa shape index (κ2) is 6.76. The molecule has 0 aliphatic heterocycles. The fourth-order valence-electron chi connectivity index (χ4n) is 2.26. The number of anilines is 2. The molecule has 0 bridgehead atoms. The molecule has 1 aromatic carbocycles. The van der Waals surface area contributed by atoms with Gasteiger partial charge in [0.2, 0.25) is 5.91 Å². The number of hydrogen-bond acceptors (Lipinski definition) is 4. The number of rotatable bonds is 5. The van der Waals surface area contributed by atoms with Gasteiger partial charge in [0.25, 0.3) is 0 Å². The van der Waals surface area contributed by atoms with Crippen molar-refractivity contribution >= 4 is 44.1 Å². The van der Waals surface area contributed by atoms with Crippen molar-refractivity contribution in [3.05, 3.63) is 28.9 Å². The maximum atomic E-state index is 11.7. The summed E-state index contributed by atoms with van der Waals surface area (Å²) in [6.45, 7) is 3.17. The van der Waals surface area contributed by atoms with E-state index in [0.29, 0.717) is 12.2 Å². The van der Waals surface area contributed by atoms with E-state index in [1.807, 2.05) is 23.1 Å². The van der Waals surface area contributed by atoms with Gasteiger partial charge >= 0.3 is 0 Å². The number of amides is 1. The molecular weight excluding hydrogens is 332 g/mol. The molecule has 21 heavy (non-hydrogen) atoms. The number of hydrogen-bond donors (Lipinski definition) is 2. The van der Waals surface area contributed by atoms with E-state index in [4.69, 9.17) is 5.73 Å². The molecule has 6 heteroatoms. The van der Waals surface area contributed by atoms with Crippen LogP contribution in [0, 0.1) is 0 Å². The van der Waals surface area contributed by atoms with Gasteiger partial charge in [0.05, 0.1) is 17.7 Å². The summed E-state index contributed by atoms with van der Waals surface area (Å²) in [6.07, 6.45) is 2.69. The largest absolute Gasteiger partial charge is 0.398 e. The van der Waals surface area contributed by atoms with Crippen LogP contribution in [-0.4, -0.2) is 31.0 Å². The molecule has 2 rings (SSSR count). The van der Waals surface area contributed by atoms with Crippen molar-refractivity contribution in [1.82, 2.24) is 10.3 Å². The number of carbonyl (C=O) groups excluding carboxylic acids is 1. The number of likely N-dealkylation sites (N-methyl/N-ethyl adjacent to an activating group) is 1. The monoisotopic (exact) mass is 350 g/mol. The summed E-state index contributed by atoms with van der Waals surface area (Å²) in [5, 5.41) is 3.55. The summed E-state index contributed by atoms with van der Waals surface area (Å²) in [5.41, 5.74) is 8.46. The Hall–Kier alpha value is -1.82. The molecule has 0 radical (unpaired) electrons. The number of nitrogens with one attached hydrogen (secondary N) is 1. The Balaban J connectivity index is 2.52. The van der Waals surface area contributed by atoms with Crippen molar-refractivity contribution in [3.8, 4) is 0 Å². The molecule has 0 atom stereocenters.